The molecule has 2 bridgehead atoms. The first-order chi connectivity index (χ1) is 9.17. The van der Waals surface area contributed by atoms with Crippen LogP contribution >= 0.6 is 0 Å². The second kappa shape index (κ2) is 3.84. The van der Waals surface area contributed by atoms with Gasteiger partial charge in [0.2, 0.25) is 0 Å². The van der Waals surface area contributed by atoms with Gasteiger partial charge in [-0.25, -0.2) is 0 Å². The van der Waals surface area contributed by atoms with Crippen LogP contribution in [0.1, 0.15) is 31.4 Å². The van der Waals surface area contributed by atoms with Crippen molar-refractivity contribution in [3.8, 4) is 0 Å². The summed E-state index contributed by atoms with van der Waals surface area (Å²) in [5.41, 5.74) is -0.790. The minimum Gasteiger partial charge on any atom is -0.465 e. The Morgan fingerprint density at radius 3 is 2.63 bits per heavy atom. The topological polar surface area (TPSA) is 36.6 Å². The molecule has 2 aromatic rings. The van der Waals surface area contributed by atoms with E-state index < -0.39 is 5.60 Å². The zero-order valence-corrected chi connectivity index (χ0v) is 11.2. The number of rotatable bonds is 1. The molecule has 2 unspecified atom stereocenters. The van der Waals surface area contributed by atoms with Gasteiger partial charge in [0.15, 0.2) is 0 Å². The first-order valence-corrected chi connectivity index (χ1v) is 7.08. The third-order valence-corrected chi connectivity index (χ3v) is 5.06. The van der Waals surface area contributed by atoms with Crippen molar-refractivity contribution in [3.63, 3.8) is 0 Å². The molecule has 1 aromatic heterocycles. The Labute approximate surface area is 112 Å². The van der Waals surface area contributed by atoms with Gasteiger partial charge < -0.3 is 14.4 Å². The number of nitrogens with zero attached hydrogens (tertiary/aromatic N) is 1. The second-order valence-corrected chi connectivity index (χ2v) is 6.14. The molecule has 1 aromatic carbocycles. The number of benzene rings is 1. The summed E-state index contributed by atoms with van der Waals surface area (Å²) < 4.78 is 5.75. The molecule has 0 amide bonds. The quantitative estimate of drug-likeness (QED) is 0.853. The summed E-state index contributed by atoms with van der Waals surface area (Å²) in [6.45, 7) is 0. The average molecular weight is 257 g/mol. The van der Waals surface area contributed by atoms with Gasteiger partial charge in [0.25, 0.3) is 0 Å². The van der Waals surface area contributed by atoms with Gasteiger partial charge in [-0.3, -0.25) is 0 Å². The van der Waals surface area contributed by atoms with E-state index in [0.717, 1.165) is 29.4 Å². The highest BCUT2D eigenvalue weighted by atomic mass is 16.4. The minimum absolute atomic E-state index is 0.493. The lowest BCUT2D eigenvalue weighted by Gasteiger charge is -2.41. The summed E-state index contributed by atoms with van der Waals surface area (Å²) in [7, 11) is 2.18. The normalized spacial score (nSPS) is 35.1. The summed E-state index contributed by atoms with van der Waals surface area (Å²) in [5, 5.41) is 13.3. The molecule has 2 saturated heterocycles. The van der Waals surface area contributed by atoms with Crippen LogP contribution in [0, 0.1) is 0 Å². The van der Waals surface area contributed by atoms with E-state index in [1.165, 1.54) is 12.8 Å². The van der Waals surface area contributed by atoms with Crippen LogP contribution < -0.4 is 0 Å². The van der Waals surface area contributed by atoms with Crippen LogP contribution in [0.25, 0.3) is 10.8 Å². The Morgan fingerprint density at radius 1 is 1.21 bits per heavy atom. The molecule has 0 spiro atoms. The van der Waals surface area contributed by atoms with Gasteiger partial charge in [-0.1, -0.05) is 24.3 Å². The van der Waals surface area contributed by atoms with Crippen LogP contribution in [0.3, 0.4) is 0 Å². The summed E-state index contributed by atoms with van der Waals surface area (Å²) in [4.78, 5) is 2.43. The van der Waals surface area contributed by atoms with E-state index in [9.17, 15) is 5.11 Å². The molecule has 3 heterocycles. The standard InChI is InChI=1S/C16H19NO2/c1-17-12-6-7-13(17)9-16(18,8-12)15-14-5-3-2-4-11(14)10-19-15/h2-5,10,12-13,18H,6-9H2,1H3. The number of aliphatic hydroxyl groups is 1. The highest BCUT2D eigenvalue weighted by Crippen LogP contribution is 2.46. The molecular formula is C16H19NO2. The zero-order valence-electron chi connectivity index (χ0n) is 11.2. The molecule has 2 aliphatic rings. The van der Waals surface area contributed by atoms with E-state index in [1.54, 1.807) is 6.26 Å². The third-order valence-electron chi connectivity index (χ3n) is 5.06. The number of piperidine rings is 1. The molecule has 1 N–H and O–H groups in total. The van der Waals surface area contributed by atoms with Crippen molar-refractivity contribution in [3.05, 3.63) is 36.3 Å². The molecule has 2 fully saturated rings. The van der Waals surface area contributed by atoms with Crippen molar-refractivity contribution < 1.29 is 9.52 Å². The molecule has 2 aliphatic heterocycles. The second-order valence-electron chi connectivity index (χ2n) is 6.14. The molecule has 100 valence electrons. The highest BCUT2D eigenvalue weighted by molar-refractivity contribution is 5.84. The zero-order chi connectivity index (χ0) is 13.0. The largest absolute Gasteiger partial charge is 0.465 e. The maximum atomic E-state index is 11.1. The molecule has 0 aliphatic carbocycles. The van der Waals surface area contributed by atoms with Gasteiger partial charge >= 0.3 is 0 Å². The lowest BCUT2D eigenvalue weighted by atomic mass is 9.83. The molecule has 2 atom stereocenters. The maximum Gasteiger partial charge on any atom is 0.143 e. The van der Waals surface area contributed by atoms with Gasteiger partial charge in [-0.2, -0.15) is 0 Å². The van der Waals surface area contributed by atoms with E-state index >= 15 is 0 Å². The van der Waals surface area contributed by atoms with Gasteiger partial charge in [-0.15, -0.1) is 0 Å². The number of fused-ring (bicyclic) bond motifs is 3. The average Bonchev–Trinajstić information content (AvgIpc) is 2.92. The number of hydrogen-bond donors (Lipinski definition) is 1. The molecule has 19 heavy (non-hydrogen) atoms. The van der Waals surface area contributed by atoms with E-state index in [-0.39, 0.29) is 0 Å². The van der Waals surface area contributed by atoms with Crippen LogP contribution in [-0.4, -0.2) is 29.1 Å². The molecule has 3 nitrogen and oxygen atoms in total. The van der Waals surface area contributed by atoms with Crippen molar-refractivity contribution in [1.82, 2.24) is 4.90 Å². The Bertz CT molecular complexity index is 604. The predicted molar refractivity (Wildman–Crippen MR) is 73.9 cm³/mol. The fourth-order valence-corrected chi connectivity index (χ4v) is 3.98. The van der Waals surface area contributed by atoms with Crippen molar-refractivity contribution in [1.29, 1.82) is 0 Å². The van der Waals surface area contributed by atoms with E-state index in [1.807, 2.05) is 24.3 Å². The summed E-state index contributed by atoms with van der Waals surface area (Å²) in [6.07, 6.45) is 5.74. The predicted octanol–water partition coefficient (Wildman–Crippen LogP) is 2.88. The molecular weight excluding hydrogens is 238 g/mol. The fourth-order valence-electron chi connectivity index (χ4n) is 3.98. The summed E-state index contributed by atoms with van der Waals surface area (Å²) in [5.74, 6) is 0.771. The maximum absolute atomic E-state index is 11.1. The molecule has 4 rings (SSSR count). The van der Waals surface area contributed by atoms with Crippen molar-refractivity contribution in [2.45, 2.75) is 43.4 Å². The van der Waals surface area contributed by atoms with Crippen molar-refractivity contribution in [2.75, 3.05) is 7.05 Å². The first kappa shape index (κ1) is 11.5. The van der Waals surface area contributed by atoms with Crippen molar-refractivity contribution in [2.24, 2.45) is 0 Å². The number of hydrogen-bond acceptors (Lipinski definition) is 3. The van der Waals surface area contributed by atoms with Crippen LogP contribution in [-0.2, 0) is 5.60 Å². The van der Waals surface area contributed by atoms with Crippen molar-refractivity contribution >= 4 is 10.8 Å². The Balaban J connectivity index is 1.79. The summed E-state index contributed by atoms with van der Waals surface area (Å²) in [6, 6.07) is 9.08. The third kappa shape index (κ3) is 1.58. The highest BCUT2D eigenvalue weighted by Gasteiger charge is 2.48. The van der Waals surface area contributed by atoms with Gasteiger partial charge in [0, 0.05) is 22.9 Å². The Kier molecular flexibility index (Phi) is 2.32. The van der Waals surface area contributed by atoms with Gasteiger partial charge in [-0.05, 0) is 32.7 Å². The van der Waals surface area contributed by atoms with Crippen LogP contribution in [0.5, 0.6) is 0 Å². The Morgan fingerprint density at radius 2 is 1.89 bits per heavy atom. The monoisotopic (exact) mass is 257 g/mol. The fraction of sp³-hybridized carbons (Fsp3) is 0.500. The Hall–Kier alpha value is -1.32. The molecule has 0 radical (unpaired) electrons. The van der Waals surface area contributed by atoms with Crippen LogP contribution in [0.4, 0.5) is 0 Å². The molecule has 0 saturated carbocycles. The smallest absolute Gasteiger partial charge is 0.143 e. The van der Waals surface area contributed by atoms with E-state index in [0.29, 0.717) is 12.1 Å². The SMILES string of the molecule is CN1C2CCC1CC(O)(c1occ3ccccc13)C2. The van der Waals surface area contributed by atoms with Crippen LogP contribution in [0.15, 0.2) is 34.9 Å². The van der Waals surface area contributed by atoms with Crippen LogP contribution in [0.2, 0.25) is 0 Å². The lowest BCUT2D eigenvalue weighted by molar-refractivity contribution is -0.0623. The van der Waals surface area contributed by atoms with E-state index in [2.05, 4.69) is 11.9 Å². The van der Waals surface area contributed by atoms with E-state index in [4.69, 9.17) is 4.42 Å². The minimum atomic E-state index is -0.790. The molecule has 3 heteroatoms. The summed E-state index contributed by atoms with van der Waals surface area (Å²) >= 11 is 0. The van der Waals surface area contributed by atoms with Gasteiger partial charge in [0.1, 0.15) is 11.4 Å². The van der Waals surface area contributed by atoms with Gasteiger partial charge in [0.05, 0.1) is 6.26 Å². The first-order valence-electron chi connectivity index (χ1n) is 7.08. The lowest BCUT2D eigenvalue weighted by Crippen LogP contribution is -2.47. The number of furan rings is 1.